The number of rotatable bonds is 3. The molecule has 1 N–H and O–H groups in total. The van der Waals surface area contributed by atoms with Gasteiger partial charge in [-0.2, -0.15) is 13.2 Å². The van der Waals surface area contributed by atoms with Crippen LogP contribution in [0.25, 0.3) is 0 Å². The van der Waals surface area contributed by atoms with E-state index >= 15 is 0 Å². The quantitative estimate of drug-likeness (QED) is 0.852. The van der Waals surface area contributed by atoms with Crippen LogP contribution >= 0.6 is 15.9 Å². The van der Waals surface area contributed by atoms with Crippen LogP contribution in [0.2, 0.25) is 0 Å². The van der Waals surface area contributed by atoms with E-state index in [1.165, 1.54) is 12.1 Å². The van der Waals surface area contributed by atoms with E-state index in [1.54, 1.807) is 0 Å². The van der Waals surface area contributed by atoms with Crippen molar-refractivity contribution in [2.45, 2.75) is 18.7 Å². The summed E-state index contributed by atoms with van der Waals surface area (Å²) in [5.74, 6) is 0. The first kappa shape index (κ1) is 15.1. The zero-order chi connectivity index (χ0) is 14.8. The number of aliphatic hydroxyl groups is 1. The van der Waals surface area contributed by atoms with Crippen molar-refractivity contribution in [1.82, 2.24) is 0 Å². The highest BCUT2D eigenvalue weighted by Gasteiger charge is 2.30. The minimum Gasteiger partial charge on any atom is -0.388 e. The molecule has 20 heavy (non-hydrogen) atoms. The van der Waals surface area contributed by atoms with Crippen LogP contribution < -0.4 is 0 Å². The van der Waals surface area contributed by atoms with Crippen LogP contribution in [0.1, 0.15) is 22.8 Å². The molecule has 2 aromatic rings. The summed E-state index contributed by atoms with van der Waals surface area (Å²) < 4.78 is 38.7. The minimum atomic E-state index is -4.40. The largest absolute Gasteiger partial charge is 0.416 e. The van der Waals surface area contributed by atoms with Crippen LogP contribution in [0.3, 0.4) is 0 Å². The number of benzene rings is 2. The number of hydrogen-bond acceptors (Lipinski definition) is 1. The molecule has 0 aliphatic carbocycles. The molecule has 0 aliphatic heterocycles. The van der Waals surface area contributed by atoms with Crippen molar-refractivity contribution in [2.24, 2.45) is 0 Å². The van der Waals surface area contributed by atoms with Crippen LogP contribution in [0.4, 0.5) is 13.2 Å². The molecule has 0 radical (unpaired) electrons. The topological polar surface area (TPSA) is 20.2 Å². The van der Waals surface area contributed by atoms with E-state index in [0.29, 0.717) is 0 Å². The SMILES string of the molecule is OC(Cc1ccccc1Br)c1cccc(C(F)(F)F)c1. The van der Waals surface area contributed by atoms with Crippen LogP contribution in [-0.4, -0.2) is 5.11 Å². The molecule has 0 aliphatic rings. The molecule has 106 valence electrons. The van der Waals surface area contributed by atoms with Crippen molar-refractivity contribution in [3.8, 4) is 0 Å². The smallest absolute Gasteiger partial charge is 0.388 e. The summed E-state index contributed by atoms with van der Waals surface area (Å²) in [6.07, 6.45) is -5.12. The van der Waals surface area contributed by atoms with E-state index in [-0.39, 0.29) is 12.0 Å². The van der Waals surface area contributed by atoms with Gasteiger partial charge in [0.15, 0.2) is 0 Å². The second kappa shape index (κ2) is 5.97. The highest BCUT2D eigenvalue weighted by Crippen LogP contribution is 2.31. The fraction of sp³-hybridized carbons (Fsp3) is 0.200. The lowest BCUT2D eigenvalue weighted by Gasteiger charge is -2.14. The first-order valence-corrected chi connectivity index (χ1v) is 6.76. The summed E-state index contributed by atoms with van der Waals surface area (Å²) in [4.78, 5) is 0. The third kappa shape index (κ3) is 3.61. The number of aliphatic hydroxyl groups excluding tert-OH is 1. The lowest BCUT2D eigenvalue weighted by atomic mass is 10.00. The lowest BCUT2D eigenvalue weighted by Crippen LogP contribution is -2.08. The van der Waals surface area contributed by atoms with Gasteiger partial charge in [0.1, 0.15) is 0 Å². The Morgan fingerprint density at radius 2 is 1.75 bits per heavy atom. The summed E-state index contributed by atoms with van der Waals surface area (Å²) in [6, 6.07) is 12.1. The number of halogens is 4. The zero-order valence-electron chi connectivity index (χ0n) is 10.4. The van der Waals surface area contributed by atoms with Crippen molar-refractivity contribution >= 4 is 15.9 Å². The third-order valence-corrected chi connectivity index (χ3v) is 3.74. The van der Waals surface area contributed by atoms with Crippen molar-refractivity contribution in [1.29, 1.82) is 0 Å². The summed E-state index contributed by atoms with van der Waals surface area (Å²) in [5.41, 5.74) is 0.356. The summed E-state index contributed by atoms with van der Waals surface area (Å²) in [7, 11) is 0. The van der Waals surface area contributed by atoms with Gasteiger partial charge in [-0.15, -0.1) is 0 Å². The molecule has 0 amide bonds. The maximum atomic E-state index is 12.6. The molecule has 1 nitrogen and oxygen atoms in total. The highest BCUT2D eigenvalue weighted by atomic mass is 79.9. The fourth-order valence-electron chi connectivity index (χ4n) is 1.91. The molecule has 0 saturated heterocycles. The Morgan fingerprint density at radius 3 is 2.40 bits per heavy atom. The van der Waals surface area contributed by atoms with Crippen LogP contribution in [-0.2, 0) is 12.6 Å². The average Bonchev–Trinajstić information content (AvgIpc) is 2.40. The molecule has 0 aromatic heterocycles. The molecule has 1 unspecified atom stereocenters. The van der Waals surface area contributed by atoms with Gasteiger partial charge in [-0.05, 0) is 29.3 Å². The van der Waals surface area contributed by atoms with Gasteiger partial charge in [0.2, 0.25) is 0 Å². The molecule has 1 atom stereocenters. The Hall–Kier alpha value is -1.33. The molecular weight excluding hydrogens is 333 g/mol. The first-order chi connectivity index (χ1) is 9.38. The monoisotopic (exact) mass is 344 g/mol. The molecule has 0 bridgehead atoms. The van der Waals surface area contributed by atoms with Crippen molar-refractivity contribution < 1.29 is 18.3 Å². The average molecular weight is 345 g/mol. The van der Waals surface area contributed by atoms with Gasteiger partial charge in [-0.3, -0.25) is 0 Å². The molecule has 2 rings (SSSR count). The van der Waals surface area contributed by atoms with E-state index in [9.17, 15) is 18.3 Å². The van der Waals surface area contributed by atoms with Gasteiger partial charge in [0.25, 0.3) is 0 Å². The van der Waals surface area contributed by atoms with Crippen molar-refractivity contribution in [3.05, 3.63) is 69.7 Å². The van der Waals surface area contributed by atoms with Gasteiger partial charge >= 0.3 is 6.18 Å². The van der Waals surface area contributed by atoms with Gasteiger partial charge in [0, 0.05) is 10.9 Å². The molecular formula is C15H12BrF3O. The molecule has 0 heterocycles. The third-order valence-electron chi connectivity index (χ3n) is 2.97. The minimum absolute atomic E-state index is 0.253. The van der Waals surface area contributed by atoms with E-state index in [0.717, 1.165) is 22.2 Å². The van der Waals surface area contributed by atoms with Gasteiger partial charge < -0.3 is 5.11 Å². The Kier molecular flexibility index (Phi) is 4.50. The molecule has 0 saturated carbocycles. The van der Waals surface area contributed by atoms with Crippen molar-refractivity contribution in [3.63, 3.8) is 0 Å². The molecule has 5 heteroatoms. The van der Waals surface area contributed by atoms with E-state index in [1.807, 2.05) is 24.3 Å². The molecule has 0 spiro atoms. The standard InChI is InChI=1S/C15H12BrF3O/c16-13-7-2-1-4-10(13)9-14(20)11-5-3-6-12(8-11)15(17,18)19/h1-8,14,20H,9H2. The highest BCUT2D eigenvalue weighted by molar-refractivity contribution is 9.10. The van der Waals surface area contributed by atoms with E-state index in [4.69, 9.17) is 0 Å². The van der Waals surface area contributed by atoms with Gasteiger partial charge in [-0.1, -0.05) is 46.3 Å². The van der Waals surface area contributed by atoms with Crippen molar-refractivity contribution in [2.75, 3.05) is 0 Å². The lowest BCUT2D eigenvalue weighted by molar-refractivity contribution is -0.137. The molecule has 0 fully saturated rings. The number of hydrogen-bond donors (Lipinski definition) is 1. The van der Waals surface area contributed by atoms with E-state index < -0.39 is 17.8 Å². The van der Waals surface area contributed by atoms with E-state index in [2.05, 4.69) is 15.9 Å². The summed E-state index contributed by atoms with van der Waals surface area (Å²) in [5, 5.41) is 10.1. The first-order valence-electron chi connectivity index (χ1n) is 5.96. The second-order valence-electron chi connectivity index (χ2n) is 4.43. The number of alkyl halides is 3. The molecule has 2 aromatic carbocycles. The maximum absolute atomic E-state index is 12.6. The van der Waals surface area contributed by atoms with Gasteiger partial charge in [0.05, 0.1) is 11.7 Å². The zero-order valence-corrected chi connectivity index (χ0v) is 11.9. The van der Waals surface area contributed by atoms with Crippen LogP contribution in [0.5, 0.6) is 0 Å². The second-order valence-corrected chi connectivity index (χ2v) is 5.29. The van der Waals surface area contributed by atoms with Crippen LogP contribution in [0.15, 0.2) is 53.0 Å². The van der Waals surface area contributed by atoms with Crippen LogP contribution in [0, 0.1) is 0 Å². The van der Waals surface area contributed by atoms with Gasteiger partial charge in [-0.25, -0.2) is 0 Å². The Labute approximate surface area is 123 Å². The summed E-state index contributed by atoms with van der Waals surface area (Å²) in [6.45, 7) is 0. The Morgan fingerprint density at radius 1 is 1.05 bits per heavy atom. The Bertz CT molecular complexity index is 596. The predicted octanol–water partition coefficient (Wildman–Crippen LogP) is 4.74. The predicted molar refractivity (Wildman–Crippen MR) is 74.2 cm³/mol. The Balaban J connectivity index is 2.22. The maximum Gasteiger partial charge on any atom is 0.416 e. The fourth-order valence-corrected chi connectivity index (χ4v) is 2.36. The normalized spacial score (nSPS) is 13.2. The summed E-state index contributed by atoms with van der Waals surface area (Å²) >= 11 is 3.35.